The summed E-state index contributed by atoms with van der Waals surface area (Å²) in [6.07, 6.45) is 4.62. The molecule has 2 aromatic rings. The molecule has 1 amide bonds. The zero-order valence-electron chi connectivity index (χ0n) is 12.5. The van der Waals surface area contributed by atoms with E-state index < -0.39 is 0 Å². The van der Waals surface area contributed by atoms with Crippen LogP contribution in [0, 0.1) is 5.92 Å². The molecule has 1 heterocycles. The van der Waals surface area contributed by atoms with Crippen molar-refractivity contribution < 1.29 is 9.63 Å². The number of carbonyl (C=O) groups excluding carboxylic acids is 1. The van der Waals surface area contributed by atoms with Gasteiger partial charge in [0.25, 0.3) is 5.91 Å². The van der Waals surface area contributed by atoms with Crippen LogP contribution in [0.1, 0.15) is 32.6 Å². The highest BCUT2D eigenvalue weighted by Crippen LogP contribution is 2.23. The third-order valence-corrected chi connectivity index (χ3v) is 4.39. The molecule has 0 aliphatic heterocycles. The monoisotopic (exact) mass is 322 g/mol. The highest BCUT2D eigenvalue weighted by atomic mass is 35.5. The van der Waals surface area contributed by atoms with E-state index in [1.165, 1.54) is 17.7 Å². The molecular weight excluding hydrogens is 304 g/mol. The van der Waals surface area contributed by atoms with E-state index in [-0.39, 0.29) is 18.6 Å². The third-order valence-electron chi connectivity index (χ3n) is 4.15. The maximum absolute atomic E-state index is 12.0. The van der Waals surface area contributed by atoms with E-state index in [1.54, 1.807) is 18.2 Å². The number of benzene rings is 1. The average Bonchev–Trinajstić information content (AvgIpc) is 2.90. The van der Waals surface area contributed by atoms with Crippen LogP contribution in [-0.2, 0) is 4.79 Å². The minimum Gasteiger partial charge on any atom is -0.385 e. The van der Waals surface area contributed by atoms with Crippen LogP contribution in [0.4, 0.5) is 0 Å². The van der Waals surface area contributed by atoms with Gasteiger partial charge in [0.15, 0.2) is 6.61 Å². The number of amides is 1. The van der Waals surface area contributed by atoms with Crippen LogP contribution in [0.5, 0.6) is 0 Å². The van der Waals surface area contributed by atoms with Crippen molar-refractivity contribution in [3.63, 3.8) is 0 Å². The SMILES string of the molecule is C[C@H]1CCCC[C@H]1NC(=O)COn1nnc2ccc(Cl)cc21. The highest BCUT2D eigenvalue weighted by molar-refractivity contribution is 6.31. The summed E-state index contributed by atoms with van der Waals surface area (Å²) >= 11 is 5.95. The lowest BCUT2D eigenvalue weighted by Crippen LogP contribution is -2.43. The smallest absolute Gasteiger partial charge is 0.261 e. The van der Waals surface area contributed by atoms with Gasteiger partial charge in [-0.25, -0.2) is 0 Å². The zero-order chi connectivity index (χ0) is 15.5. The molecule has 1 aromatic heterocycles. The van der Waals surface area contributed by atoms with Crippen LogP contribution in [0.25, 0.3) is 11.0 Å². The van der Waals surface area contributed by atoms with Crippen molar-refractivity contribution in [1.82, 2.24) is 20.5 Å². The van der Waals surface area contributed by atoms with Gasteiger partial charge >= 0.3 is 0 Å². The molecule has 0 unspecified atom stereocenters. The lowest BCUT2D eigenvalue weighted by Gasteiger charge is -2.29. The number of aromatic nitrogens is 3. The number of carbonyl (C=O) groups is 1. The number of fused-ring (bicyclic) bond motifs is 1. The van der Waals surface area contributed by atoms with Gasteiger partial charge in [-0.15, -0.1) is 5.10 Å². The summed E-state index contributed by atoms with van der Waals surface area (Å²) in [5, 5.41) is 11.4. The summed E-state index contributed by atoms with van der Waals surface area (Å²) < 4.78 is 0. The van der Waals surface area contributed by atoms with Gasteiger partial charge in [0.2, 0.25) is 0 Å². The Hall–Kier alpha value is -1.82. The predicted molar refractivity (Wildman–Crippen MR) is 83.5 cm³/mol. The fourth-order valence-electron chi connectivity index (χ4n) is 2.87. The Morgan fingerprint density at radius 2 is 2.27 bits per heavy atom. The number of nitrogens with one attached hydrogen (secondary N) is 1. The predicted octanol–water partition coefficient (Wildman–Crippen LogP) is 2.21. The van der Waals surface area contributed by atoms with E-state index in [0.717, 1.165) is 12.8 Å². The largest absolute Gasteiger partial charge is 0.385 e. The van der Waals surface area contributed by atoms with Crippen LogP contribution in [0.15, 0.2) is 18.2 Å². The second kappa shape index (κ2) is 6.52. The van der Waals surface area contributed by atoms with Crippen molar-refractivity contribution in [2.75, 3.05) is 6.61 Å². The molecule has 0 saturated heterocycles. The Balaban J connectivity index is 1.59. The van der Waals surface area contributed by atoms with Crippen LogP contribution in [0.2, 0.25) is 5.02 Å². The fraction of sp³-hybridized carbons (Fsp3) is 0.533. The Morgan fingerprint density at radius 1 is 1.45 bits per heavy atom. The van der Waals surface area contributed by atoms with Crippen LogP contribution in [0.3, 0.4) is 0 Å². The summed E-state index contributed by atoms with van der Waals surface area (Å²) in [6.45, 7) is 2.09. The standard InChI is InChI=1S/C15H19ClN4O2/c1-10-4-2-3-5-12(10)17-15(21)9-22-20-14-8-11(16)6-7-13(14)18-19-20/h6-8,10,12H,2-5,9H2,1H3,(H,17,21)/t10-,12+/m0/s1. The summed E-state index contributed by atoms with van der Waals surface area (Å²) in [7, 11) is 0. The van der Waals surface area contributed by atoms with E-state index in [2.05, 4.69) is 22.6 Å². The molecule has 1 fully saturated rings. The van der Waals surface area contributed by atoms with Gasteiger partial charge in [0, 0.05) is 11.1 Å². The van der Waals surface area contributed by atoms with Crippen LogP contribution < -0.4 is 10.2 Å². The van der Waals surface area contributed by atoms with Crippen molar-refractivity contribution in [3.05, 3.63) is 23.2 Å². The van der Waals surface area contributed by atoms with Gasteiger partial charge in [-0.05, 0) is 42.2 Å². The topological polar surface area (TPSA) is 69.0 Å². The van der Waals surface area contributed by atoms with Gasteiger partial charge < -0.3 is 10.2 Å². The molecular formula is C15H19ClN4O2. The number of nitrogens with zero attached hydrogens (tertiary/aromatic N) is 3. The molecule has 3 rings (SSSR count). The Kier molecular flexibility index (Phi) is 4.47. The molecule has 0 spiro atoms. The molecule has 1 aliphatic rings. The molecule has 22 heavy (non-hydrogen) atoms. The first kappa shape index (κ1) is 15.1. The number of halogens is 1. The molecule has 0 bridgehead atoms. The molecule has 1 aromatic carbocycles. The highest BCUT2D eigenvalue weighted by Gasteiger charge is 2.23. The molecule has 1 saturated carbocycles. The molecule has 6 nitrogen and oxygen atoms in total. The average molecular weight is 323 g/mol. The molecule has 0 radical (unpaired) electrons. The summed E-state index contributed by atoms with van der Waals surface area (Å²) in [5.74, 6) is 0.383. The summed E-state index contributed by atoms with van der Waals surface area (Å²) in [6, 6.07) is 5.44. The Bertz CT molecular complexity index is 673. The van der Waals surface area contributed by atoms with E-state index >= 15 is 0 Å². The lowest BCUT2D eigenvalue weighted by atomic mass is 9.86. The molecule has 2 atom stereocenters. The summed E-state index contributed by atoms with van der Waals surface area (Å²) in [5.41, 5.74) is 1.32. The number of rotatable bonds is 4. The normalized spacial score (nSPS) is 21.7. The van der Waals surface area contributed by atoms with Gasteiger partial charge in [0.05, 0.1) is 0 Å². The maximum atomic E-state index is 12.0. The Morgan fingerprint density at radius 3 is 3.09 bits per heavy atom. The van der Waals surface area contributed by atoms with Crippen molar-refractivity contribution in [3.8, 4) is 0 Å². The van der Waals surface area contributed by atoms with E-state index in [1.807, 2.05) is 0 Å². The van der Waals surface area contributed by atoms with E-state index in [4.69, 9.17) is 16.4 Å². The summed E-state index contributed by atoms with van der Waals surface area (Å²) in [4.78, 5) is 18.7. The van der Waals surface area contributed by atoms with Crippen molar-refractivity contribution >= 4 is 28.5 Å². The molecule has 118 valence electrons. The fourth-order valence-corrected chi connectivity index (χ4v) is 3.03. The van der Waals surface area contributed by atoms with E-state index in [9.17, 15) is 4.79 Å². The van der Waals surface area contributed by atoms with Gasteiger partial charge in [-0.1, -0.05) is 36.2 Å². The molecule has 1 aliphatic carbocycles. The zero-order valence-corrected chi connectivity index (χ0v) is 13.2. The van der Waals surface area contributed by atoms with Crippen molar-refractivity contribution in [2.24, 2.45) is 5.92 Å². The molecule has 7 heteroatoms. The van der Waals surface area contributed by atoms with Crippen molar-refractivity contribution in [2.45, 2.75) is 38.6 Å². The van der Waals surface area contributed by atoms with E-state index in [0.29, 0.717) is 22.0 Å². The van der Waals surface area contributed by atoms with Crippen LogP contribution in [-0.4, -0.2) is 33.7 Å². The quantitative estimate of drug-likeness (QED) is 0.937. The second-order valence-electron chi connectivity index (χ2n) is 5.80. The first-order valence-electron chi connectivity index (χ1n) is 7.57. The first-order valence-corrected chi connectivity index (χ1v) is 7.95. The second-order valence-corrected chi connectivity index (χ2v) is 6.24. The lowest BCUT2D eigenvalue weighted by molar-refractivity contribution is -0.127. The van der Waals surface area contributed by atoms with Crippen molar-refractivity contribution in [1.29, 1.82) is 0 Å². The third kappa shape index (κ3) is 3.32. The molecule has 1 N–H and O–H groups in total. The maximum Gasteiger partial charge on any atom is 0.261 e. The Labute approximate surface area is 133 Å². The minimum atomic E-state index is -0.135. The number of hydrogen-bond acceptors (Lipinski definition) is 4. The van der Waals surface area contributed by atoms with Gasteiger partial charge in [-0.3, -0.25) is 4.79 Å². The van der Waals surface area contributed by atoms with Gasteiger partial charge in [-0.2, -0.15) is 0 Å². The van der Waals surface area contributed by atoms with Gasteiger partial charge in [0.1, 0.15) is 11.0 Å². The first-order chi connectivity index (χ1) is 10.6. The minimum absolute atomic E-state index is 0.0891. The number of hydrogen-bond donors (Lipinski definition) is 1. The van der Waals surface area contributed by atoms with Crippen LogP contribution >= 0.6 is 11.6 Å².